The third-order valence-electron chi connectivity index (χ3n) is 4.36. The van der Waals surface area contributed by atoms with E-state index in [0.717, 1.165) is 12.8 Å². The maximum atomic E-state index is 12.4. The van der Waals surface area contributed by atoms with Crippen LogP contribution in [0.1, 0.15) is 33.6 Å². The number of amides is 1. The first-order valence-corrected chi connectivity index (χ1v) is 8.06. The Labute approximate surface area is 140 Å². The van der Waals surface area contributed by atoms with Crippen LogP contribution in [0.5, 0.6) is 0 Å². The van der Waals surface area contributed by atoms with Crippen molar-refractivity contribution in [1.82, 2.24) is 9.88 Å². The van der Waals surface area contributed by atoms with Crippen molar-refractivity contribution in [1.29, 1.82) is 0 Å². The van der Waals surface area contributed by atoms with Crippen LogP contribution in [0, 0.1) is 10.1 Å². The molecule has 0 bridgehead atoms. The molecule has 2 heterocycles. The number of carbonyl (C=O) groups is 1. The molecular formula is C16H22N4O4. The van der Waals surface area contributed by atoms with Crippen LogP contribution in [0.3, 0.4) is 0 Å². The second-order valence-electron chi connectivity index (χ2n) is 7.41. The number of ether oxygens (including phenoxy) is 1. The molecule has 2 fully saturated rings. The molecule has 8 nitrogen and oxygen atoms in total. The molecule has 0 unspecified atom stereocenters. The van der Waals surface area contributed by atoms with Crippen molar-refractivity contribution in [3.63, 3.8) is 0 Å². The lowest BCUT2D eigenvalue weighted by Crippen LogP contribution is -2.58. The van der Waals surface area contributed by atoms with Gasteiger partial charge in [-0.25, -0.2) is 9.78 Å². The molecule has 1 aromatic rings. The van der Waals surface area contributed by atoms with Crippen LogP contribution in [0.4, 0.5) is 16.3 Å². The van der Waals surface area contributed by atoms with E-state index in [9.17, 15) is 14.9 Å². The van der Waals surface area contributed by atoms with Crippen molar-refractivity contribution < 1.29 is 14.5 Å². The van der Waals surface area contributed by atoms with Crippen LogP contribution < -0.4 is 4.90 Å². The topological polar surface area (TPSA) is 88.8 Å². The Balaban J connectivity index is 1.74. The summed E-state index contributed by atoms with van der Waals surface area (Å²) in [5.74, 6) is 0.583. The number of nitrogens with zero attached hydrogens (tertiary/aromatic N) is 4. The van der Waals surface area contributed by atoms with Crippen molar-refractivity contribution >= 4 is 17.6 Å². The number of hydrogen-bond donors (Lipinski definition) is 0. The number of anilines is 1. The number of nitro groups is 1. The second kappa shape index (κ2) is 5.61. The largest absolute Gasteiger partial charge is 0.444 e. The Morgan fingerprint density at radius 1 is 1.38 bits per heavy atom. The van der Waals surface area contributed by atoms with Crippen molar-refractivity contribution in [3.8, 4) is 0 Å². The van der Waals surface area contributed by atoms with E-state index in [1.54, 1.807) is 0 Å². The minimum Gasteiger partial charge on any atom is -0.444 e. The van der Waals surface area contributed by atoms with E-state index in [1.807, 2.05) is 30.6 Å². The molecule has 0 aromatic carbocycles. The van der Waals surface area contributed by atoms with Crippen LogP contribution >= 0.6 is 0 Å². The van der Waals surface area contributed by atoms with Gasteiger partial charge in [0.15, 0.2) is 0 Å². The summed E-state index contributed by atoms with van der Waals surface area (Å²) in [4.78, 5) is 31.0. The van der Waals surface area contributed by atoms with Gasteiger partial charge in [0.05, 0.1) is 16.5 Å². The Morgan fingerprint density at radius 3 is 2.67 bits per heavy atom. The smallest absolute Gasteiger partial charge is 0.410 e. The molecule has 0 atom stereocenters. The first-order valence-electron chi connectivity index (χ1n) is 8.06. The van der Waals surface area contributed by atoms with Gasteiger partial charge in [-0.1, -0.05) is 0 Å². The average molecular weight is 334 g/mol. The maximum absolute atomic E-state index is 12.4. The summed E-state index contributed by atoms with van der Waals surface area (Å²) >= 11 is 0. The van der Waals surface area contributed by atoms with Crippen molar-refractivity contribution in [2.75, 3.05) is 24.5 Å². The molecule has 1 aliphatic heterocycles. The van der Waals surface area contributed by atoms with E-state index in [4.69, 9.17) is 4.74 Å². The van der Waals surface area contributed by atoms with Gasteiger partial charge in [-0.3, -0.25) is 15.0 Å². The Hall–Kier alpha value is -2.38. The Morgan fingerprint density at radius 2 is 2.08 bits per heavy atom. The highest BCUT2D eigenvalue weighted by atomic mass is 16.6. The summed E-state index contributed by atoms with van der Waals surface area (Å²) in [6.07, 6.45) is 2.99. The number of aromatic nitrogens is 1. The fraction of sp³-hybridized carbons (Fsp3) is 0.625. The molecule has 24 heavy (non-hydrogen) atoms. The summed E-state index contributed by atoms with van der Waals surface area (Å²) in [5, 5.41) is 10.9. The van der Waals surface area contributed by atoms with Gasteiger partial charge in [0.1, 0.15) is 11.4 Å². The highest BCUT2D eigenvalue weighted by Crippen LogP contribution is 2.45. The fourth-order valence-electron chi connectivity index (χ4n) is 3.04. The molecule has 1 saturated heterocycles. The number of rotatable bonds is 2. The van der Waals surface area contributed by atoms with Crippen molar-refractivity contribution in [2.24, 2.45) is 0 Å². The maximum Gasteiger partial charge on any atom is 0.410 e. The monoisotopic (exact) mass is 334 g/mol. The number of pyridine rings is 1. The third kappa shape index (κ3) is 3.27. The van der Waals surface area contributed by atoms with E-state index in [-0.39, 0.29) is 17.3 Å². The van der Waals surface area contributed by atoms with Crippen molar-refractivity contribution in [2.45, 2.75) is 44.8 Å². The van der Waals surface area contributed by atoms with Gasteiger partial charge in [0.25, 0.3) is 5.69 Å². The van der Waals surface area contributed by atoms with Crippen LogP contribution in [0.2, 0.25) is 0 Å². The SMILES string of the molecule is CC(C)(C)OC(=O)N1CCN(c2cc([N+](=O)[O-])ccn2)CC12CC2. The summed E-state index contributed by atoms with van der Waals surface area (Å²) in [5.41, 5.74) is -0.724. The average Bonchev–Trinajstić information content (AvgIpc) is 3.25. The standard InChI is InChI=1S/C16H22N4O4/c1-15(2,3)24-14(21)19-9-8-18(11-16(19)5-6-16)13-10-12(20(22)23)4-7-17-13/h4,7,10H,5-6,8-9,11H2,1-3H3. The number of piperazine rings is 1. The zero-order valence-electron chi connectivity index (χ0n) is 14.2. The lowest BCUT2D eigenvalue weighted by Gasteiger charge is -2.42. The van der Waals surface area contributed by atoms with Crippen LogP contribution in [-0.4, -0.2) is 51.7 Å². The first kappa shape index (κ1) is 16.5. The summed E-state index contributed by atoms with van der Waals surface area (Å²) < 4.78 is 5.51. The summed E-state index contributed by atoms with van der Waals surface area (Å²) in [6.45, 7) is 7.30. The number of hydrogen-bond acceptors (Lipinski definition) is 6. The second-order valence-corrected chi connectivity index (χ2v) is 7.41. The van der Waals surface area contributed by atoms with Gasteiger partial charge in [0.2, 0.25) is 0 Å². The molecule has 1 spiro atoms. The fourth-order valence-corrected chi connectivity index (χ4v) is 3.04. The van der Waals surface area contributed by atoms with Gasteiger partial charge in [-0.2, -0.15) is 0 Å². The molecular weight excluding hydrogens is 312 g/mol. The summed E-state index contributed by atoms with van der Waals surface area (Å²) in [7, 11) is 0. The molecule has 2 aliphatic rings. The van der Waals surface area contributed by atoms with E-state index in [1.165, 1.54) is 18.3 Å². The molecule has 1 aliphatic carbocycles. The zero-order chi connectivity index (χ0) is 17.5. The van der Waals surface area contributed by atoms with Crippen molar-refractivity contribution in [3.05, 3.63) is 28.4 Å². The van der Waals surface area contributed by atoms with E-state index < -0.39 is 10.5 Å². The first-order chi connectivity index (χ1) is 11.2. The minimum absolute atomic E-state index is 0.0272. The summed E-state index contributed by atoms with van der Waals surface area (Å²) in [6, 6.07) is 2.87. The van der Waals surface area contributed by atoms with E-state index in [0.29, 0.717) is 25.5 Å². The molecule has 1 saturated carbocycles. The molecule has 1 amide bonds. The van der Waals surface area contributed by atoms with Gasteiger partial charge in [0, 0.05) is 31.9 Å². The highest BCUT2D eigenvalue weighted by Gasteiger charge is 2.54. The minimum atomic E-state index is -0.522. The normalized spacial score (nSPS) is 19.3. The molecule has 8 heteroatoms. The molecule has 3 rings (SSSR count). The van der Waals surface area contributed by atoms with Crippen LogP contribution in [-0.2, 0) is 4.74 Å². The van der Waals surface area contributed by atoms with E-state index in [2.05, 4.69) is 4.98 Å². The predicted molar refractivity (Wildman–Crippen MR) is 88.0 cm³/mol. The van der Waals surface area contributed by atoms with Crippen LogP contribution in [0.25, 0.3) is 0 Å². The van der Waals surface area contributed by atoms with Gasteiger partial charge >= 0.3 is 6.09 Å². The quantitative estimate of drug-likeness (QED) is 0.610. The van der Waals surface area contributed by atoms with E-state index >= 15 is 0 Å². The lowest BCUT2D eigenvalue weighted by molar-refractivity contribution is -0.384. The molecule has 0 N–H and O–H groups in total. The Bertz CT molecular complexity index is 666. The lowest BCUT2D eigenvalue weighted by atomic mass is 10.1. The predicted octanol–water partition coefficient (Wildman–Crippen LogP) is 2.58. The van der Waals surface area contributed by atoms with Gasteiger partial charge in [-0.15, -0.1) is 0 Å². The third-order valence-corrected chi connectivity index (χ3v) is 4.36. The number of carbonyl (C=O) groups excluding carboxylic acids is 1. The zero-order valence-corrected chi connectivity index (χ0v) is 14.2. The molecule has 130 valence electrons. The molecule has 0 radical (unpaired) electrons. The van der Waals surface area contributed by atoms with Crippen LogP contribution in [0.15, 0.2) is 18.3 Å². The van der Waals surface area contributed by atoms with Gasteiger partial charge < -0.3 is 9.64 Å². The van der Waals surface area contributed by atoms with Gasteiger partial charge in [-0.05, 0) is 33.6 Å². The molecule has 1 aromatic heterocycles. The Kier molecular flexibility index (Phi) is 3.85. The highest BCUT2D eigenvalue weighted by molar-refractivity contribution is 5.71.